The number of ether oxygens (including phenoxy) is 2. The highest BCUT2D eigenvalue weighted by molar-refractivity contribution is 7.22. The second-order valence-electron chi connectivity index (χ2n) is 7.48. The number of fused-ring (bicyclic) bond motifs is 2. The number of carbonyl (C=O) groups is 2. The summed E-state index contributed by atoms with van der Waals surface area (Å²) in [6, 6.07) is 19.9. The van der Waals surface area contributed by atoms with Gasteiger partial charge in [-0.1, -0.05) is 59.6 Å². The van der Waals surface area contributed by atoms with Crippen LogP contribution >= 0.6 is 45.9 Å². The van der Waals surface area contributed by atoms with Crippen LogP contribution in [0.1, 0.15) is 24.9 Å². The van der Waals surface area contributed by atoms with Crippen molar-refractivity contribution < 1.29 is 19.1 Å². The van der Waals surface area contributed by atoms with E-state index in [-0.39, 0.29) is 5.75 Å². The van der Waals surface area contributed by atoms with Crippen molar-refractivity contribution in [3.8, 4) is 11.5 Å². The average molecular weight is 555 g/mol. The molecule has 6 nitrogen and oxygen atoms in total. The van der Waals surface area contributed by atoms with E-state index >= 15 is 0 Å². The molecular formula is C26H16Cl2N2O4S2. The molecule has 180 valence electrons. The fraction of sp³-hybridized carbons (Fsp3) is 0.0385. The highest BCUT2D eigenvalue weighted by atomic mass is 35.5. The van der Waals surface area contributed by atoms with Gasteiger partial charge in [0.1, 0.15) is 9.75 Å². The fourth-order valence-corrected chi connectivity index (χ4v) is 6.31. The average Bonchev–Trinajstić information content (AvgIpc) is 3.42. The maximum Gasteiger partial charge on any atom is 0.355 e. The van der Waals surface area contributed by atoms with Crippen LogP contribution in [0.3, 0.4) is 0 Å². The normalized spacial score (nSPS) is 11.3. The van der Waals surface area contributed by atoms with Crippen molar-refractivity contribution in [1.82, 2.24) is 5.43 Å². The van der Waals surface area contributed by atoms with Gasteiger partial charge in [-0.2, -0.15) is 5.10 Å². The molecule has 0 bridgehead atoms. The molecule has 0 saturated carbocycles. The molecule has 2 heterocycles. The zero-order valence-electron chi connectivity index (χ0n) is 18.6. The van der Waals surface area contributed by atoms with Crippen LogP contribution in [0.4, 0.5) is 0 Å². The molecule has 3 aromatic carbocycles. The Morgan fingerprint density at radius 1 is 0.861 bits per heavy atom. The molecule has 10 heteroatoms. The van der Waals surface area contributed by atoms with Gasteiger partial charge in [-0.25, -0.2) is 10.2 Å². The molecular weight excluding hydrogens is 539 g/mol. The van der Waals surface area contributed by atoms with E-state index in [0.29, 0.717) is 31.1 Å². The molecule has 0 aliphatic heterocycles. The van der Waals surface area contributed by atoms with E-state index in [0.717, 1.165) is 20.2 Å². The molecule has 0 radical (unpaired) electrons. The van der Waals surface area contributed by atoms with Crippen LogP contribution in [0.2, 0.25) is 10.0 Å². The molecule has 5 aromatic rings. The number of halogens is 2. The summed E-state index contributed by atoms with van der Waals surface area (Å²) in [6.07, 6.45) is 1.45. The zero-order valence-corrected chi connectivity index (χ0v) is 21.7. The number of rotatable bonds is 6. The zero-order chi connectivity index (χ0) is 25.2. The van der Waals surface area contributed by atoms with E-state index in [4.69, 9.17) is 32.7 Å². The number of nitrogens with one attached hydrogen (secondary N) is 1. The number of hydrogen-bond donors (Lipinski definition) is 1. The monoisotopic (exact) mass is 554 g/mol. The lowest BCUT2D eigenvalue weighted by molar-refractivity contribution is 0.0734. The van der Waals surface area contributed by atoms with Crippen molar-refractivity contribution in [2.45, 2.75) is 0 Å². The summed E-state index contributed by atoms with van der Waals surface area (Å²) in [5, 5.41) is 6.40. The third kappa shape index (κ3) is 4.68. The summed E-state index contributed by atoms with van der Waals surface area (Å²) >= 11 is 15.3. The van der Waals surface area contributed by atoms with Crippen molar-refractivity contribution in [1.29, 1.82) is 0 Å². The Labute approximate surface area is 223 Å². The van der Waals surface area contributed by atoms with Gasteiger partial charge in [-0.15, -0.1) is 22.7 Å². The first-order valence-electron chi connectivity index (χ1n) is 10.5. The molecule has 0 fully saturated rings. The first kappa shape index (κ1) is 24.3. The van der Waals surface area contributed by atoms with Crippen LogP contribution in [0.5, 0.6) is 11.5 Å². The minimum absolute atomic E-state index is 0.231. The number of amides is 1. The summed E-state index contributed by atoms with van der Waals surface area (Å²) < 4.78 is 12.8. The predicted molar refractivity (Wildman–Crippen MR) is 147 cm³/mol. The molecule has 0 saturated heterocycles. The number of methoxy groups -OCH3 is 1. The number of hydrogen-bond acceptors (Lipinski definition) is 7. The Bertz CT molecular complexity index is 1660. The predicted octanol–water partition coefficient (Wildman–Crippen LogP) is 7.41. The lowest BCUT2D eigenvalue weighted by Crippen LogP contribution is -2.16. The van der Waals surface area contributed by atoms with Gasteiger partial charge >= 0.3 is 5.97 Å². The van der Waals surface area contributed by atoms with Crippen LogP contribution in [-0.4, -0.2) is 25.2 Å². The van der Waals surface area contributed by atoms with E-state index in [1.807, 2.05) is 48.5 Å². The van der Waals surface area contributed by atoms with E-state index in [9.17, 15) is 9.59 Å². The molecule has 5 rings (SSSR count). The molecule has 0 aliphatic rings. The van der Waals surface area contributed by atoms with Gasteiger partial charge in [-0.3, -0.25) is 4.79 Å². The smallest absolute Gasteiger partial charge is 0.355 e. The number of thiophene rings is 2. The van der Waals surface area contributed by atoms with E-state index in [1.165, 1.54) is 36.0 Å². The van der Waals surface area contributed by atoms with Crippen molar-refractivity contribution in [2.75, 3.05) is 7.11 Å². The Morgan fingerprint density at radius 3 is 2.11 bits per heavy atom. The van der Waals surface area contributed by atoms with Gasteiger partial charge in [0, 0.05) is 20.2 Å². The number of esters is 1. The number of carbonyl (C=O) groups excluding carboxylic acids is 2. The minimum atomic E-state index is -0.576. The first-order chi connectivity index (χ1) is 17.5. The van der Waals surface area contributed by atoms with Crippen molar-refractivity contribution in [3.05, 3.63) is 92.1 Å². The quantitative estimate of drug-likeness (QED) is 0.102. The van der Waals surface area contributed by atoms with E-state index < -0.39 is 11.9 Å². The SMILES string of the molecule is COc1cc(/C=N/NC(=O)c2sc3ccccc3c2Cl)ccc1OC(=O)c1sc2ccccc2c1Cl. The Hall–Kier alpha value is -3.43. The van der Waals surface area contributed by atoms with Gasteiger partial charge < -0.3 is 9.47 Å². The Kier molecular flexibility index (Phi) is 6.93. The number of nitrogens with zero attached hydrogens (tertiary/aromatic N) is 1. The van der Waals surface area contributed by atoms with Gasteiger partial charge in [0.25, 0.3) is 5.91 Å². The van der Waals surface area contributed by atoms with E-state index in [1.54, 1.807) is 18.2 Å². The Morgan fingerprint density at radius 2 is 1.47 bits per heavy atom. The summed E-state index contributed by atoms with van der Waals surface area (Å²) in [7, 11) is 1.46. The third-order valence-corrected chi connectivity index (χ3v) is 8.56. The van der Waals surface area contributed by atoms with Gasteiger partial charge in [0.2, 0.25) is 0 Å². The van der Waals surface area contributed by atoms with Crippen molar-refractivity contribution >= 4 is 84.1 Å². The first-order valence-corrected chi connectivity index (χ1v) is 12.9. The van der Waals surface area contributed by atoms with Crippen LogP contribution in [-0.2, 0) is 0 Å². The molecule has 1 amide bonds. The van der Waals surface area contributed by atoms with Crippen LogP contribution in [0, 0.1) is 0 Å². The number of hydrazone groups is 1. The van der Waals surface area contributed by atoms with Gasteiger partial charge in [-0.05, 0) is 35.9 Å². The molecule has 36 heavy (non-hydrogen) atoms. The topological polar surface area (TPSA) is 77.0 Å². The van der Waals surface area contributed by atoms with Gasteiger partial charge in [0.05, 0.1) is 23.4 Å². The maximum atomic E-state index is 12.8. The van der Waals surface area contributed by atoms with Crippen molar-refractivity contribution in [2.24, 2.45) is 5.10 Å². The standard InChI is InChI=1S/C26H16Cl2N2O4S2/c1-33-18-12-14(13-29-30-25(31)23-21(27)15-6-2-4-8-19(15)35-23)10-11-17(18)34-26(32)24-22(28)16-7-3-5-9-20(16)36-24/h2-13H,1H3,(H,30,31)/b29-13+. The fourth-order valence-electron chi connectivity index (χ4n) is 3.52. The minimum Gasteiger partial charge on any atom is -0.493 e. The van der Waals surface area contributed by atoms with E-state index in [2.05, 4.69) is 10.5 Å². The Balaban J connectivity index is 1.30. The molecule has 2 aromatic heterocycles. The van der Waals surface area contributed by atoms with Crippen LogP contribution in [0.25, 0.3) is 20.2 Å². The van der Waals surface area contributed by atoms with Crippen LogP contribution < -0.4 is 14.9 Å². The summed E-state index contributed by atoms with van der Waals surface area (Å²) in [6.45, 7) is 0. The molecule has 0 aliphatic carbocycles. The molecule has 0 unspecified atom stereocenters. The lowest BCUT2D eigenvalue weighted by Gasteiger charge is -2.09. The third-order valence-electron chi connectivity index (χ3n) is 5.23. The largest absolute Gasteiger partial charge is 0.493 e. The molecule has 0 spiro atoms. The van der Waals surface area contributed by atoms with Crippen molar-refractivity contribution in [3.63, 3.8) is 0 Å². The summed E-state index contributed by atoms with van der Waals surface area (Å²) in [4.78, 5) is 26.1. The summed E-state index contributed by atoms with van der Waals surface area (Å²) in [5.41, 5.74) is 3.11. The molecule has 0 atom stereocenters. The van der Waals surface area contributed by atoms with Gasteiger partial charge in [0.15, 0.2) is 11.5 Å². The number of benzene rings is 3. The summed E-state index contributed by atoms with van der Waals surface area (Å²) in [5.74, 6) is -0.429. The highest BCUT2D eigenvalue weighted by Gasteiger charge is 2.21. The second-order valence-corrected chi connectivity index (χ2v) is 10.3. The molecule has 1 N–H and O–H groups in total. The highest BCUT2D eigenvalue weighted by Crippen LogP contribution is 2.37. The van der Waals surface area contributed by atoms with Crippen LogP contribution in [0.15, 0.2) is 71.8 Å². The lowest BCUT2D eigenvalue weighted by atomic mass is 10.2. The maximum absolute atomic E-state index is 12.8. The second kappa shape index (κ2) is 10.3.